The largest absolute Gasteiger partial charge is 0.376 e. The highest BCUT2D eigenvalue weighted by Gasteiger charge is 2.23. The molecule has 0 spiro atoms. The van der Waals surface area contributed by atoms with Crippen molar-refractivity contribution in [3.8, 4) is 0 Å². The van der Waals surface area contributed by atoms with E-state index < -0.39 is 0 Å². The van der Waals surface area contributed by atoms with Crippen LogP contribution in [0, 0.1) is 6.92 Å². The average Bonchev–Trinajstić information content (AvgIpc) is 3.31. The molecular formula is C19H29N3O5S. The quantitative estimate of drug-likeness (QED) is 0.629. The number of methoxy groups -OCH3 is 2. The van der Waals surface area contributed by atoms with Gasteiger partial charge in [-0.25, -0.2) is 4.79 Å². The number of hydrogen-bond acceptors (Lipinski definition) is 7. The van der Waals surface area contributed by atoms with Crippen molar-refractivity contribution >= 4 is 21.6 Å². The zero-order valence-corrected chi connectivity index (χ0v) is 17.8. The third-order valence-electron chi connectivity index (χ3n) is 5.24. The van der Waals surface area contributed by atoms with Crippen molar-refractivity contribution in [2.24, 2.45) is 0 Å². The van der Waals surface area contributed by atoms with Crippen molar-refractivity contribution in [1.82, 2.24) is 14.5 Å². The molecule has 1 fully saturated rings. The molecule has 0 amide bonds. The van der Waals surface area contributed by atoms with E-state index in [1.54, 1.807) is 18.8 Å². The van der Waals surface area contributed by atoms with Gasteiger partial charge in [0.2, 0.25) is 0 Å². The normalized spacial score (nSPS) is 17.2. The van der Waals surface area contributed by atoms with Gasteiger partial charge in [0.25, 0.3) is 5.56 Å². The molecule has 28 heavy (non-hydrogen) atoms. The molecule has 0 radical (unpaired) electrons. The highest BCUT2D eigenvalue weighted by molar-refractivity contribution is 7.18. The molecule has 1 saturated heterocycles. The molecule has 2 aromatic rings. The number of nitrogens with one attached hydrogen (secondary N) is 1. The van der Waals surface area contributed by atoms with E-state index in [0.29, 0.717) is 31.6 Å². The van der Waals surface area contributed by atoms with Crippen LogP contribution in [0.2, 0.25) is 0 Å². The first-order valence-corrected chi connectivity index (χ1v) is 10.5. The Labute approximate surface area is 168 Å². The molecule has 1 aliphatic heterocycles. The van der Waals surface area contributed by atoms with Crippen molar-refractivity contribution in [3.05, 3.63) is 31.3 Å². The summed E-state index contributed by atoms with van der Waals surface area (Å²) in [7, 11) is 3.19. The fraction of sp³-hybridized carbons (Fsp3) is 0.684. The molecule has 0 bridgehead atoms. The van der Waals surface area contributed by atoms with E-state index in [4.69, 9.17) is 14.2 Å². The van der Waals surface area contributed by atoms with Crippen LogP contribution in [-0.4, -0.2) is 48.9 Å². The predicted octanol–water partition coefficient (Wildman–Crippen LogP) is 1.44. The maximum atomic E-state index is 13.0. The third kappa shape index (κ3) is 4.08. The number of aromatic nitrogens is 2. The molecule has 1 aliphatic rings. The Morgan fingerprint density at radius 2 is 2.04 bits per heavy atom. The standard InChI is InChI=1S/C19H29N3O5S/c1-5-21-17(23)16-12(2)14(9-20-10-15(25-3)26-4)28-18(16)22(19(21)24)11-13-7-6-8-27-13/h13,15,20H,5-11H2,1-4H3. The summed E-state index contributed by atoms with van der Waals surface area (Å²) in [6.45, 7) is 6.45. The lowest BCUT2D eigenvalue weighted by Gasteiger charge is -2.14. The van der Waals surface area contributed by atoms with Crippen molar-refractivity contribution in [3.63, 3.8) is 0 Å². The highest BCUT2D eigenvalue weighted by Crippen LogP contribution is 2.28. The Bertz CT molecular complexity index is 922. The van der Waals surface area contributed by atoms with Crippen LogP contribution in [0.15, 0.2) is 9.59 Å². The first-order chi connectivity index (χ1) is 13.5. The van der Waals surface area contributed by atoms with Crippen LogP contribution in [0.5, 0.6) is 0 Å². The van der Waals surface area contributed by atoms with Gasteiger partial charge in [-0.15, -0.1) is 11.3 Å². The van der Waals surface area contributed by atoms with Gasteiger partial charge in [0, 0.05) is 45.3 Å². The molecule has 0 saturated carbocycles. The van der Waals surface area contributed by atoms with Gasteiger partial charge in [-0.1, -0.05) is 0 Å². The topological polar surface area (TPSA) is 83.7 Å². The van der Waals surface area contributed by atoms with Gasteiger partial charge in [-0.3, -0.25) is 13.9 Å². The first-order valence-electron chi connectivity index (χ1n) is 9.65. The zero-order chi connectivity index (χ0) is 20.3. The number of aryl methyl sites for hydroxylation is 1. The van der Waals surface area contributed by atoms with Gasteiger partial charge in [-0.05, 0) is 32.3 Å². The number of rotatable bonds is 9. The van der Waals surface area contributed by atoms with E-state index in [1.807, 2.05) is 13.8 Å². The van der Waals surface area contributed by atoms with Crippen molar-refractivity contribution in [2.45, 2.75) is 58.7 Å². The van der Waals surface area contributed by atoms with Crippen molar-refractivity contribution in [1.29, 1.82) is 0 Å². The van der Waals surface area contributed by atoms with Crippen LogP contribution in [0.25, 0.3) is 10.2 Å². The monoisotopic (exact) mass is 411 g/mol. The fourth-order valence-corrected chi connectivity index (χ4v) is 4.88. The van der Waals surface area contributed by atoms with Gasteiger partial charge in [0.05, 0.1) is 18.0 Å². The summed E-state index contributed by atoms with van der Waals surface area (Å²) < 4.78 is 19.2. The molecule has 0 aromatic carbocycles. The van der Waals surface area contributed by atoms with Gasteiger partial charge in [0.1, 0.15) is 4.83 Å². The molecule has 2 aromatic heterocycles. The lowest BCUT2D eigenvalue weighted by molar-refractivity contribution is -0.0988. The predicted molar refractivity (Wildman–Crippen MR) is 109 cm³/mol. The molecular weight excluding hydrogens is 382 g/mol. The summed E-state index contributed by atoms with van der Waals surface area (Å²) in [6.07, 6.45) is 1.64. The number of fused-ring (bicyclic) bond motifs is 1. The lowest BCUT2D eigenvalue weighted by Crippen LogP contribution is -2.40. The number of ether oxygens (including phenoxy) is 3. The van der Waals surface area contributed by atoms with Crippen LogP contribution in [0.4, 0.5) is 0 Å². The van der Waals surface area contributed by atoms with Gasteiger partial charge in [-0.2, -0.15) is 0 Å². The highest BCUT2D eigenvalue weighted by atomic mass is 32.1. The minimum Gasteiger partial charge on any atom is -0.376 e. The Morgan fingerprint density at radius 3 is 2.64 bits per heavy atom. The van der Waals surface area contributed by atoms with E-state index in [1.165, 1.54) is 15.9 Å². The Kier molecular flexibility index (Phi) is 7.05. The van der Waals surface area contributed by atoms with E-state index >= 15 is 0 Å². The minimum absolute atomic E-state index is 0.0249. The van der Waals surface area contributed by atoms with Crippen LogP contribution >= 0.6 is 11.3 Å². The van der Waals surface area contributed by atoms with Crippen LogP contribution in [0.1, 0.15) is 30.2 Å². The Morgan fingerprint density at radius 1 is 1.29 bits per heavy atom. The summed E-state index contributed by atoms with van der Waals surface area (Å²) in [6, 6.07) is 0. The zero-order valence-electron chi connectivity index (χ0n) is 16.9. The molecule has 1 unspecified atom stereocenters. The van der Waals surface area contributed by atoms with Crippen LogP contribution in [0.3, 0.4) is 0 Å². The molecule has 156 valence electrons. The van der Waals surface area contributed by atoms with E-state index in [2.05, 4.69) is 5.32 Å². The summed E-state index contributed by atoms with van der Waals surface area (Å²) in [5, 5.41) is 3.94. The van der Waals surface area contributed by atoms with Crippen LogP contribution in [-0.2, 0) is 33.8 Å². The summed E-state index contributed by atoms with van der Waals surface area (Å²) >= 11 is 1.50. The molecule has 8 nitrogen and oxygen atoms in total. The molecule has 1 N–H and O–H groups in total. The maximum Gasteiger partial charge on any atom is 0.332 e. The van der Waals surface area contributed by atoms with Gasteiger partial charge < -0.3 is 19.5 Å². The Hall–Kier alpha value is -1.52. The third-order valence-corrected chi connectivity index (χ3v) is 6.56. The SMILES string of the molecule is CCn1c(=O)c2c(C)c(CNCC(OC)OC)sc2n(CC2CCCO2)c1=O. The first kappa shape index (κ1) is 21.2. The summed E-state index contributed by atoms with van der Waals surface area (Å²) in [5.41, 5.74) is 0.458. The second-order valence-corrected chi connectivity index (χ2v) is 8.02. The van der Waals surface area contributed by atoms with Gasteiger partial charge >= 0.3 is 5.69 Å². The number of thiophene rings is 1. The maximum absolute atomic E-state index is 13.0. The fourth-order valence-electron chi connectivity index (χ4n) is 3.61. The molecule has 3 heterocycles. The van der Waals surface area contributed by atoms with E-state index in [0.717, 1.165) is 34.7 Å². The Balaban J connectivity index is 1.99. The average molecular weight is 412 g/mol. The molecule has 9 heteroatoms. The molecule has 0 aliphatic carbocycles. The number of nitrogens with zero attached hydrogens (tertiary/aromatic N) is 2. The van der Waals surface area contributed by atoms with Crippen LogP contribution < -0.4 is 16.6 Å². The second kappa shape index (κ2) is 9.32. The summed E-state index contributed by atoms with van der Waals surface area (Å²) in [5.74, 6) is 0. The second-order valence-electron chi connectivity index (χ2n) is 6.94. The van der Waals surface area contributed by atoms with E-state index in [9.17, 15) is 9.59 Å². The summed E-state index contributed by atoms with van der Waals surface area (Å²) in [4.78, 5) is 27.7. The van der Waals surface area contributed by atoms with Crippen molar-refractivity contribution in [2.75, 3.05) is 27.4 Å². The minimum atomic E-state index is -0.329. The van der Waals surface area contributed by atoms with Crippen molar-refractivity contribution < 1.29 is 14.2 Å². The number of hydrogen-bond donors (Lipinski definition) is 1. The van der Waals surface area contributed by atoms with E-state index in [-0.39, 0.29) is 23.6 Å². The molecule has 1 atom stereocenters. The molecule has 3 rings (SSSR count). The smallest absolute Gasteiger partial charge is 0.332 e. The van der Waals surface area contributed by atoms with Gasteiger partial charge in [0.15, 0.2) is 6.29 Å². The lowest BCUT2D eigenvalue weighted by atomic mass is 10.2.